The van der Waals surface area contributed by atoms with Crippen molar-refractivity contribution in [3.63, 3.8) is 0 Å². The van der Waals surface area contributed by atoms with Gasteiger partial charge in [0.25, 0.3) is 0 Å². The summed E-state index contributed by atoms with van der Waals surface area (Å²) >= 11 is 6.34. The monoisotopic (exact) mass is 275 g/mol. The summed E-state index contributed by atoms with van der Waals surface area (Å²) in [7, 11) is 0. The van der Waals surface area contributed by atoms with E-state index in [4.69, 9.17) is 17.3 Å². The van der Waals surface area contributed by atoms with Gasteiger partial charge in [0, 0.05) is 32.0 Å². The van der Waals surface area contributed by atoms with Gasteiger partial charge in [0.05, 0.1) is 10.7 Å². The van der Waals surface area contributed by atoms with Gasteiger partial charge >= 0.3 is 0 Å². The number of nitrogens with zero attached hydrogens (tertiary/aromatic N) is 2. The lowest BCUT2D eigenvalue weighted by Gasteiger charge is -2.24. The first-order valence-corrected chi connectivity index (χ1v) is 6.74. The Labute approximate surface area is 119 Å². The maximum atomic E-state index is 6.34. The van der Waals surface area contributed by atoms with Crippen LogP contribution in [0, 0.1) is 0 Å². The Morgan fingerprint density at radius 3 is 2.47 bits per heavy atom. The van der Waals surface area contributed by atoms with Crippen LogP contribution in [0.25, 0.3) is 0 Å². The summed E-state index contributed by atoms with van der Waals surface area (Å²) < 4.78 is 0. The van der Waals surface area contributed by atoms with Gasteiger partial charge in [-0.25, -0.2) is 0 Å². The van der Waals surface area contributed by atoms with Crippen molar-refractivity contribution < 1.29 is 0 Å². The van der Waals surface area contributed by atoms with Crippen LogP contribution in [0.5, 0.6) is 0 Å². The highest BCUT2D eigenvalue weighted by Crippen LogP contribution is 2.28. The van der Waals surface area contributed by atoms with Crippen molar-refractivity contribution in [3.05, 3.63) is 58.9 Å². The van der Waals surface area contributed by atoms with E-state index in [1.807, 2.05) is 42.7 Å². The number of benzene rings is 1. The van der Waals surface area contributed by atoms with Gasteiger partial charge in [0.15, 0.2) is 0 Å². The zero-order valence-corrected chi connectivity index (χ0v) is 11.8. The van der Waals surface area contributed by atoms with Crippen LogP contribution >= 0.6 is 11.6 Å². The van der Waals surface area contributed by atoms with E-state index in [-0.39, 0.29) is 0 Å². The number of anilines is 1. The van der Waals surface area contributed by atoms with Crippen molar-refractivity contribution in [2.45, 2.75) is 20.0 Å². The molecule has 0 spiro atoms. The van der Waals surface area contributed by atoms with Gasteiger partial charge in [-0.15, -0.1) is 0 Å². The van der Waals surface area contributed by atoms with Crippen molar-refractivity contribution in [1.29, 1.82) is 0 Å². The molecule has 0 unspecified atom stereocenters. The molecule has 2 aromatic rings. The molecular weight excluding hydrogens is 258 g/mol. The van der Waals surface area contributed by atoms with Crippen LogP contribution in [0.2, 0.25) is 5.02 Å². The predicted molar refractivity (Wildman–Crippen MR) is 80.3 cm³/mol. The van der Waals surface area contributed by atoms with E-state index in [2.05, 4.69) is 16.8 Å². The molecule has 0 atom stereocenters. The molecule has 3 nitrogen and oxygen atoms in total. The molecule has 4 heteroatoms. The minimum Gasteiger partial charge on any atom is -0.366 e. The van der Waals surface area contributed by atoms with Gasteiger partial charge in [-0.1, -0.05) is 17.7 Å². The maximum Gasteiger partial charge on any atom is 0.0642 e. The molecule has 0 saturated heterocycles. The van der Waals surface area contributed by atoms with Gasteiger partial charge < -0.3 is 10.6 Å². The average molecular weight is 276 g/mol. The molecule has 0 saturated carbocycles. The van der Waals surface area contributed by atoms with Crippen LogP contribution in [0.15, 0.2) is 42.7 Å². The van der Waals surface area contributed by atoms with E-state index in [0.717, 1.165) is 29.4 Å². The van der Waals surface area contributed by atoms with E-state index < -0.39 is 0 Å². The molecule has 0 radical (unpaired) electrons. The van der Waals surface area contributed by atoms with E-state index in [0.29, 0.717) is 6.54 Å². The summed E-state index contributed by atoms with van der Waals surface area (Å²) in [4.78, 5) is 6.27. The van der Waals surface area contributed by atoms with Crippen molar-refractivity contribution >= 4 is 17.3 Å². The van der Waals surface area contributed by atoms with Crippen LogP contribution in [-0.2, 0) is 13.1 Å². The number of pyridine rings is 1. The first kappa shape index (κ1) is 13.8. The Kier molecular flexibility index (Phi) is 4.77. The van der Waals surface area contributed by atoms with Crippen molar-refractivity contribution in [2.75, 3.05) is 11.4 Å². The highest BCUT2D eigenvalue weighted by atomic mass is 35.5. The molecule has 100 valence electrons. The number of hydrogen-bond donors (Lipinski definition) is 1. The Bertz CT molecular complexity index is 528. The van der Waals surface area contributed by atoms with Crippen LogP contribution in [0.1, 0.15) is 18.1 Å². The smallest absolute Gasteiger partial charge is 0.0642 e. The zero-order valence-electron chi connectivity index (χ0n) is 11.0. The number of halogens is 1. The van der Waals surface area contributed by atoms with Gasteiger partial charge in [0.1, 0.15) is 0 Å². The van der Waals surface area contributed by atoms with Gasteiger partial charge in [-0.05, 0) is 42.3 Å². The SMILES string of the molecule is CCN(Cc1ccncc1)c1ccc(CN)cc1Cl. The minimum atomic E-state index is 0.510. The zero-order chi connectivity index (χ0) is 13.7. The second kappa shape index (κ2) is 6.55. The lowest BCUT2D eigenvalue weighted by Crippen LogP contribution is -2.22. The fraction of sp³-hybridized carbons (Fsp3) is 0.267. The van der Waals surface area contributed by atoms with E-state index in [1.165, 1.54) is 5.56 Å². The highest BCUT2D eigenvalue weighted by molar-refractivity contribution is 6.33. The van der Waals surface area contributed by atoms with E-state index >= 15 is 0 Å². The summed E-state index contributed by atoms with van der Waals surface area (Å²) in [5, 5.41) is 0.749. The fourth-order valence-corrected chi connectivity index (χ4v) is 2.33. The Morgan fingerprint density at radius 1 is 1.16 bits per heavy atom. The summed E-state index contributed by atoms with van der Waals surface area (Å²) in [6.45, 7) is 4.34. The lowest BCUT2D eigenvalue weighted by atomic mass is 10.1. The molecule has 0 fully saturated rings. The number of aromatic nitrogens is 1. The maximum absolute atomic E-state index is 6.34. The molecule has 2 rings (SSSR count). The van der Waals surface area contributed by atoms with E-state index in [9.17, 15) is 0 Å². The minimum absolute atomic E-state index is 0.510. The van der Waals surface area contributed by atoms with Gasteiger partial charge in [-0.2, -0.15) is 0 Å². The third-order valence-electron chi connectivity index (χ3n) is 3.09. The van der Waals surface area contributed by atoms with Crippen LogP contribution in [0.4, 0.5) is 5.69 Å². The van der Waals surface area contributed by atoms with Crippen molar-refractivity contribution in [3.8, 4) is 0 Å². The van der Waals surface area contributed by atoms with Crippen LogP contribution < -0.4 is 10.6 Å². The molecule has 0 bridgehead atoms. The molecular formula is C15H18ClN3. The number of nitrogens with two attached hydrogens (primary N) is 1. The second-order valence-corrected chi connectivity index (χ2v) is 4.77. The molecule has 0 aliphatic heterocycles. The average Bonchev–Trinajstić information content (AvgIpc) is 2.46. The molecule has 1 aromatic heterocycles. The first-order valence-electron chi connectivity index (χ1n) is 6.37. The number of rotatable bonds is 5. The Hall–Kier alpha value is -1.58. The second-order valence-electron chi connectivity index (χ2n) is 4.36. The third kappa shape index (κ3) is 3.46. The summed E-state index contributed by atoms with van der Waals surface area (Å²) in [6.07, 6.45) is 3.62. The summed E-state index contributed by atoms with van der Waals surface area (Å²) in [5.74, 6) is 0. The molecule has 0 aliphatic carbocycles. The third-order valence-corrected chi connectivity index (χ3v) is 3.40. The standard InChI is InChI=1S/C15H18ClN3/c1-2-19(11-12-5-7-18-8-6-12)15-4-3-13(10-17)9-14(15)16/h3-9H,2,10-11,17H2,1H3. The molecule has 19 heavy (non-hydrogen) atoms. The molecule has 0 aliphatic rings. The first-order chi connectivity index (χ1) is 9.24. The normalized spacial score (nSPS) is 10.5. The molecule has 2 N–H and O–H groups in total. The van der Waals surface area contributed by atoms with E-state index in [1.54, 1.807) is 0 Å². The van der Waals surface area contributed by atoms with Crippen LogP contribution in [0.3, 0.4) is 0 Å². The van der Waals surface area contributed by atoms with Crippen molar-refractivity contribution in [1.82, 2.24) is 4.98 Å². The Morgan fingerprint density at radius 2 is 1.89 bits per heavy atom. The lowest BCUT2D eigenvalue weighted by molar-refractivity contribution is 0.830. The fourth-order valence-electron chi connectivity index (χ4n) is 2.01. The number of hydrogen-bond acceptors (Lipinski definition) is 3. The summed E-state index contributed by atoms with van der Waals surface area (Å²) in [5.41, 5.74) is 8.93. The van der Waals surface area contributed by atoms with Gasteiger partial charge in [0.2, 0.25) is 0 Å². The predicted octanol–water partition coefficient (Wildman–Crippen LogP) is 3.22. The molecule has 0 amide bonds. The van der Waals surface area contributed by atoms with Crippen LogP contribution in [-0.4, -0.2) is 11.5 Å². The van der Waals surface area contributed by atoms with Gasteiger partial charge in [-0.3, -0.25) is 4.98 Å². The topological polar surface area (TPSA) is 42.2 Å². The molecule has 1 aromatic carbocycles. The largest absolute Gasteiger partial charge is 0.366 e. The summed E-state index contributed by atoms with van der Waals surface area (Å²) in [6, 6.07) is 10.0. The Balaban J connectivity index is 2.22. The molecule has 1 heterocycles. The highest BCUT2D eigenvalue weighted by Gasteiger charge is 2.09. The quantitative estimate of drug-likeness (QED) is 0.911. The van der Waals surface area contributed by atoms with Crippen molar-refractivity contribution in [2.24, 2.45) is 5.73 Å².